The van der Waals surface area contributed by atoms with Crippen LogP contribution in [-0.2, 0) is 0 Å². The summed E-state index contributed by atoms with van der Waals surface area (Å²) in [6.45, 7) is 0. The molecule has 0 N–H and O–H groups in total. The molecule has 0 atom stereocenters. The summed E-state index contributed by atoms with van der Waals surface area (Å²) in [4.78, 5) is 9.20. The lowest BCUT2D eigenvalue weighted by atomic mass is 9.99. The fraction of sp³-hybridized carbons (Fsp3) is 0. The summed E-state index contributed by atoms with van der Waals surface area (Å²) >= 11 is 0. The minimum Gasteiger partial charge on any atom is -0.255 e. The Bertz CT molecular complexity index is 926. The van der Waals surface area contributed by atoms with Gasteiger partial charge >= 0.3 is 0 Å². The summed E-state index contributed by atoms with van der Waals surface area (Å²) in [5, 5.41) is 1.16. The van der Waals surface area contributed by atoms with Crippen molar-refractivity contribution in [1.29, 1.82) is 0 Å². The number of nitrogens with zero attached hydrogens (tertiary/aromatic N) is 2. The molecule has 0 aliphatic rings. The van der Waals surface area contributed by atoms with Crippen LogP contribution in [-0.4, -0.2) is 9.97 Å². The van der Waals surface area contributed by atoms with E-state index in [2.05, 4.69) is 47.4 Å². The van der Waals surface area contributed by atoms with Crippen LogP contribution in [0.15, 0.2) is 85.1 Å². The Balaban J connectivity index is 0.00000104. The number of para-hydroxylation sites is 1. The predicted octanol–water partition coefficient (Wildman–Crippen LogP) is 6.12. The second-order valence-electron chi connectivity index (χ2n) is 5.15. The van der Waals surface area contributed by atoms with E-state index in [4.69, 9.17) is 4.98 Å². The lowest BCUT2D eigenvalue weighted by Gasteiger charge is -2.09. The normalized spacial score (nSPS) is 9.83. The number of rotatable bonds is 2. The predicted molar refractivity (Wildman–Crippen MR) is 111 cm³/mol. The van der Waals surface area contributed by atoms with Gasteiger partial charge in [0.15, 0.2) is 0 Å². The highest BCUT2D eigenvalue weighted by molar-refractivity contribution is 8.93. The lowest BCUT2D eigenvalue weighted by Crippen LogP contribution is -1.91. The van der Waals surface area contributed by atoms with E-state index in [1.807, 2.05) is 36.4 Å². The van der Waals surface area contributed by atoms with E-state index in [0.717, 1.165) is 22.3 Å². The minimum absolute atomic E-state index is 0. The average molecular weight is 444 g/mol. The van der Waals surface area contributed by atoms with E-state index in [1.54, 1.807) is 6.20 Å². The first-order valence-electron chi connectivity index (χ1n) is 7.28. The fourth-order valence-electron chi connectivity index (χ4n) is 2.68. The fourth-order valence-corrected chi connectivity index (χ4v) is 2.68. The molecular formula is C20H16Br2N2. The molecule has 0 spiro atoms. The third-order valence-corrected chi connectivity index (χ3v) is 3.73. The topological polar surface area (TPSA) is 25.8 Å². The second kappa shape index (κ2) is 8.18. The van der Waals surface area contributed by atoms with Gasteiger partial charge in [-0.1, -0.05) is 54.6 Å². The van der Waals surface area contributed by atoms with Crippen LogP contribution in [0.3, 0.4) is 0 Å². The van der Waals surface area contributed by atoms with Crippen molar-refractivity contribution in [3.8, 4) is 22.5 Å². The van der Waals surface area contributed by atoms with Crippen molar-refractivity contribution < 1.29 is 0 Å². The SMILES string of the molecule is Br.Br.c1ccc(-c2cc(-c3ccccn3)nc3ccccc23)cc1. The summed E-state index contributed by atoms with van der Waals surface area (Å²) < 4.78 is 0. The summed E-state index contributed by atoms with van der Waals surface area (Å²) in [7, 11) is 0. The third-order valence-electron chi connectivity index (χ3n) is 3.73. The molecule has 0 bridgehead atoms. The van der Waals surface area contributed by atoms with Crippen LogP contribution >= 0.6 is 34.0 Å². The Labute approximate surface area is 162 Å². The molecule has 4 heteroatoms. The molecule has 120 valence electrons. The molecule has 2 aromatic heterocycles. The molecule has 0 amide bonds. The highest BCUT2D eigenvalue weighted by Crippen LogP contribution is 2.31. The molecule has 4 rings (SSSR count). The molecule has 2 aromatic carbocycles. The smallest absolute Gasteiger partial charge is 0.0900 e. The maximum Gasteiger partial charge on any atom is 0.0900 e. The van der Waals surface area contributed by atoms with Gasteiger partial charge in [0, 0.05) is 11.6 Å². The molecule has 2 nitrogen and oxygen atoms in total. The molecule has 4 aromatic rings. The molecule has 24 heavy (non-hydrogen) atoms. The Kier molecular flexibility index (Phi) is 6.23. The molecule has 0 aliphatic heterocycles. The Morgan fingerprint density at radius 2 is 1.33 bits per heavy atom. The summed E-state index contributed by atoms with van der Waals surface area (Å²) in [6.07, 6.45) is 1.80. The first kappa shape index (κ1) is 18.3. The number of benzene rings is 2. The summed E-state index contributed by atoms with van der Waals surface area (Å²) in [6, 6.07) is 26.7. The van der Waals surface area contributed by atoms with Crippen molar-refractivity contribution in [2.24, 2.45) is 0 Å². The van der Waals surface area contributed by atoms with Crippen LogP contribution in [0.5, 0.6) is 0 Å². The zero-order chi connectivity index (χ0) is 14.8. The zero-order valence-corrected chi connectivity index (χ0v) is 16.2. The van der Waals surface area contributed by atoms with Crippen molar-refractivity contribution >= 4 is 44.9 Å². The van der Waals surface area contributed by atoms with Crippen molar-refractivity contribution in [1.82, 2.24) is 9.97 Å². The molecule has 0 unspecified atom stereocenters. The van der Waals surface area contributed by atoms with E-state index in [0.29, 0.717) is 0 Å². The van der Waals surface area contributed by atoms with Gasteiger partial charge in [-0.15, -0.1) is 34.0 Å². The molecular weight excluding hydrogens is 428 g/mol. The van der Waals surface area contributed by atoms with Crippen molar-refractivity contribution in [3.05, 3.63) is 85.1 Å². The summed E-state index contributed by atoms with van der Waals surface area (Å²) in [5.41, 5.74) is 5.17. The van der Waals surface area contributed by atoms with E-state index in [-0.39, 0.29) is 34.0 Å². The molecule has 0 radical (unpaired) electrons. The highest BCUT2D eigenvalue weighted by Gasteiger charge is 2.09. The number of hydrogen-bond donors (Lipinski definition) is 0. The van der Waals surface area contributed by atoms with E-state index >= 15 is 0 Å². The van der Waals surface area contributed by atoms with Crippen LogP contribution in [0.4, 0.5) is 0 Å². The van der Waals surface area contributed by atoms with Crippen molar-refractivity contribution in [2.45, 2.75) is 0 Å². The first-order valence-corrected chi connectivity index (χ1v) is 7.28. The van der Waals surface area contributed by atoms with Gasteiger partial charge in [-0.05, 0) is 35.4 Å². The van der Waals surface area contributed by atoms with Crippen molar-refractivity contribution in [3.63, 3.8) is 0 Å². The zero-order valence-electron chi connectivity index (χ0n) is 12.8. The van der Waals surface area contributed by atoms with Gasteiger partial charge in [0.1, 0.15) is 0 Å². The Morgan fingerprint density at radius 3 is 2.08 bits per heavy atom. The number of pyridine rings is 2. The third kappa shape index (κ3) is 3.55. The van der Waals surface area contributed by atoms with E-state index in [9.17, 15) is 0 Å². The average Bonchev–Trinajstić information content (AvgIpc) is 2.62. The molecule has 0 fully saturated rings. The maximum absolute atomic E-state index is 4.77. The summed E-state index contributed by atoms with van der Waals surface area (Å²) in [5.74, 6) is 0. The quantitative estimate of drug-likeness (QED) is 0.373. The van der Waals surface area contributed by atoms with Crippen LogP contribution in [0.25, 0.3) is 33.4 Å². The van der Waals surface area contributed by atoms with Gasteiger partial charge in [0.25, 0.3) is 0 Å². The largest absolute Gasteiger partial charge is 0.255 e. The Hall–Kier alpha value is -2.04. The number of hydrogen-bond acceptors (Lipinski definition) is 2. The number of halogens is 2. The maximum atomic E-state index is 4.77. The van der Waals surface area contributed by atoms with Crippen LogP contribution < -0.4 is 0 Å². The number of fused-ring (bicyclic) bond motifs is 1. The van der Waals surface area contributed by atoms with Gasteiger partial charge in [0.05, 0.1) is 16.9 Å². The molecule has 2 heterocycles. The van der Waals surface area contributed by atoms with Crippen LogP contribution in [0.2, 0.25) is 0 Å². The van der Waals surface area contributed by atoms with Gasteiger partial charge in [-0.2, -0.15) is 0 Å². The lowest BCUT2D eigenvalue weighted by molar-refractivity contribution is 1.28. The van der Waals surface area contributed by atoms with Gasteiger partial charge in [0.2, 0.25) is 0 Å². The van der Waals surface area contributed by atoms with Gasteiger partial charge < -0.3 is 0 Å². The molecule has 0 aliphatic carbocycles. The number of aromatic nitrogens is 2. The molecule has 0 saturated heterocycles. The Morgan fingerprint density at radius 1 is 0.625 bits per heavy atom. The van der Waals surface area contributed by atoms with Crippen LogP contribution in [0, 0.1) is 0 Å². The van der Waals surface area contributed by atoms with E-state index < -0.39 is 0 Å². The second-order valence-corrected chi connectivity index (χ2v) is 5.15. The van der Waals surface area contributed by atoms with Crippen LogP contribution in [0.1, 0.15) is 0 Å². The molecule has 0 saturated carbocycles. The van der Waals surface area contributed by atoms with Gasteiger partial charge in [-0.25, -0.2) is 4.98 Å². The standard InChI is InChI=1S/C20H14N2.2BrH/c1-2-8-15(9-3-1)17-14-20(19-12-6-7-13-21-19)22-18-11-5-4-10-16(17)18;;/h1-14H;2*1H. The monoisotopic (exact) mass is 442 g/mol. The highest BCUT2D eigenvalue weighted by atomic mass is 79.9. The van der Waals surface area contributed by atoms with E-state index in [1.165, 1.54) is 11.1 Å². The van der Waals surface area contributed by atoms with Gasteiger partial charge in [-0.3, -0.25) is 4.98 Å². The minimum atomic E-state index is 0. The first-order chi connectivity index (χ1) is 10.9. The van der Waals surface area contributed by atoms with Crippen molar-refractivity contribution in [2.75, 3.05) is 0 Å².